The minimum absolute atomic E-state index is 0.201. The molecule has 6 heteroatoms. The third-order valence-corrected chi connectivity index (χ3v) is 3.89. The number of aromatic carboxylic acids is 1. The topological polar surface area (TPSA) is 63.1 Å². The highest BCUT2D eigenvalue weighted by Crippen LogP contribution is 2.27. The number of hydrogen-bond donors (Lipinski definition) is 1. The number of fused-ring (bicyclic) bond motifs is 1. The van der Waals surface area contributed by atoms with Gasteiger partial charge < -0.3 is 5.11 Å². The van der Waals surface area contributed by atoms with E-state index in [9.17, 15) is 9.90 Å². The van der Waals surface area contributed by atoms with Crippen molar-refractivity contribution in [2.24, 2.45) is 0 Å². The molecule has 0 atom stereocenters. The molecule has 1 aromatic carbocycles. The van der Waals surface area contributed by atoms with E-state index in [1.165, 1.54) is 11.3 Å². The maximum atomic E-state index is 11.4. The molecule has 0 saturated carbocycles. The standard InChI is InChI=1S/C14H9ClN2O2S/c1-7-16-13(6-20-7)12-5-10(14(18)19)9-3-2-8(15)4-11(9)17-12/h2-6H,1H3,(H,18,19). The smallest absolute Gasteiger partial charge is 0.336 e. The number of carboxylic acid groups (broad SMARTS) is 1. The molecule has 0 amide bonds. The van der Waals surface area contributed by atoms with Crippen LogP contribution in [0.1, 0.15) is 15.4 Å². The number of carboxylic acids is 1. The number of halogens is 1. The van der Waals surface area contributed by atoms with Crippen molar-refractivity contribution in [3.63, 3.8) is 0 Å². The second-order valence-electron chi connectivity index (χ2n) is 4.27. The Balaban J connectivity index is 2.32. The fourth-order valence-electron chi connectivity index (χ4n) is 1.99. The zero-order valence-corrected chi connectivity index (χ0v) is 12.0. The molecule has 2 aromatic heterocycles. The number of aromatic nitrogens is 2. The van der Waals surface area contributed by atoms with Crippen LogP contribution in [-0.4, -0.2) is 21.0 Å². The molecule has 0 saturated heterocycles. The zero-order valence-electron chi connectivity index (χ0n) is 10.4. The van der Waals surface area contributed by atoms with Gasteiger partial charge in [-0.15, -0.1) is 11.3 Å². The summed E-state index contributed by atoms with van der Waals surface area (Å²) in [6.45, 7) is 1.89. The largest absolute Gasteiger partial charge is 0.478 e. The first-order valence-corrected chi connectivity index (χ1v) is 7.06. The van der Waals surface area contributed by atoms with E-state index in [1.54, 1.807) is 24.3 Å². The van der Waals surface area contributed by atoms with Gasteiger partial charge in [0.25, 0.3) is 0 Å². The van der Waals surface area contributed by atoms with Gasteiger partial charge in [0.05, 0.1) is 27.5 Å². The summed E-state index contributed by atoms with van der Waals surface area (Å²) in [4.78, 5) is 20.2. The normalized spacial score (nSPS) is 10.9. The van der Waals surface area contributed by atoms with Crippen molar-refractivity contribution in [1.29, 1.82) is 0 Å². The molecule has 3 aromatic rings. The van der Waals surface area contributed by atoms with Crippen LogP contribution in [0.25, 0.3) is 22.3 Å². The Morgan fingerprint density at radius 3 is 2.70 bits per heavy atom. The van der Waals surface area contributed by atoms with Gasteiger partial charge in [-0.05, 0) is 25.1 Å². The first kappa shape index (κ1) is 13.0. The van der Waals surface area contributed by atoms with E-state index in [2.05, 4.69) is 9.97 Å². The molecule has 100 valence electrons. The van der Waals surface area contributed by atoms with Crippen LogP contribution in [0.4, 0.5) is 0 Å². The van der Waals surface area contributed by atoms with Gasteiger partial charge in [-0.25, -0.2) is 14.8 Å². The molecule has 1 N–H and O–H groups in total. The Bertz CT molecular complexity index is 829. The lowest BCUT2D eigenvalue weighted by molar-refractivity contribution is 0.0699. The van der Waals surface area contributed by atoms with E-state index in [0.717, 1.165) is 5.01 Å². The quantitative estimate of drug-likeness (QED) is 0.776. The van der Waals surface area contributed by atoms with E-state index in [-0.39, 0.29) is 5.56 Å². The lowest BCUT2D eigenvalue weighted by Gasteiger charge is -2.05. The fourth-order valence-corrected chi connectivity index (χ4v) is 2.76. The van der Waals surface area contributed by atoms with E-state index in [4.69, 9.17) is 11.6 Å². The molecule has 3 rings (SSSR count). The number of carbonyl (C=O) groups is 1. The number of rotatable bonds is 2. The van der Waals surface area contributed by atoms with Crippen LogP contribution in [0, 0.1) is 6.92 Å². The van der Waals surface area contributed by atoms with Crippen LogP contribution < -0.4 is 0 Å². The Kier molecular flexibility index (Phi) is 3.16. The van der Waals surface area contributed by atoms with Crippen molar-refractivity contribution >= 4 is 39.8 Å². The molecule has 0 spiro atoms. The highest BCUT2D eigenvalue weighted by molar-refractivity contribution is 7.09. The maximum absolute atomic E-state index is 11.4. The summed E-state index contributed by atoms with van der Waals surface area (Å²) in [5.41, 5.74) is 1.98. The van der Waals surface area contributed by atoms with Crippen LogP contribution in [0.15, 0.2) is 29.6 Å². The predicted octanol–water partition coefficient (Wildman–Crippen LogP) is 4.02. The Morgan fingerprint density at radius 1 is 1.25 bits per heavy atom. The van der Waals surface area contributed by atoms with Gasteiger partial charge in [0, 0.05) is 15.8 Å². The van der Waals surface area contributed by atoms with E-state index in [0.29, 0.717) is 27.3 Å². The van der Waals surface area contributed by atoms with Gasteiger partial charge in [0.2, 0.25) is 0 Å². The number of nitrogens with zero attached hydrogens (tertiary/aromatic N) is 2. The van der Waals surface area contributed by atoms with Gasteiger partial charge in [0.1, 0.15) is 0 Å². The van der Waals surface area contributed by atoms with Crippen molar-refractivity contribution in [3.05, 3.63) is 45.2 Å². The summed E-state index contributed by atoms with van der Waals surface area (Å²) in [5.74, 6) is -0.993. The predicted molar refractivity (Wildman–Crippen MR) is 79.6 cm³/mol. The SMILES string of the molecule is Cc1nc(-c2cc(C(=O)O)c3ccc(Cl)cc3n2)cs1. The third-order valence-electron chi connectivity index (χ3n) is 2.88. The number of thiazole rings is 1. The maximum Gasteiger partial charge on any atom is 0.336 e. The van der Waals surface area contributed by atoms with Gasteiger partial charge in [-0.1, -0.05) is 17.7 Å². The van der Waals surface area contributed by atoms with Crippen LogP contribution >= 0.6 is 22.9 Å². The third kappa shape index (κ3) is 2.26. The van der Waals surface area contributed by atoms with Gasteiger partial charge in [0.15, 0.2) is 0 Å². The summed E-state index contributed by atoms with van der Waals surface area (Å²) in [7, 11) is 0. The molecule has 0 aliphatic rings. The van der Waals surface area contributed by atoms with Crippen molar-refractivity contribution in [3.8, 4) is 11.4 Å². The molecule has 2 heterocycles. The van der Waals surface area contributed by atoms with E-state index in [1.807, 2.05) is 12.3 Å². The average Bonchev–Trinajstić information content (AvgIpc) is 2.83. The zero-order chi connectivity index (χ0) is 14.3. The summed E-state index contributed by atoms with van der Waals surface area (Å²) >= 11 is 7.45. The molecular weight excluding hydrogens is 296 g/mol. The van der Waals surface area contributed by atoms with Gasteiger partial charge >= 0.3 is 5.97 Å². The molecule has 4 nitrogen and oxygen atoms in total. The summed E-state index contributed by atoms with van der Waals surface area (Å²) in [6.07, 6.45) is 0. The second kappa shape index (κ2) is 4.85. The lowest BCUT2D eigenvalue weighted by Crippen LogP contribution is -2.00. The van der Waals surface area contributed by atoms with Crippen LogP contribution in [0.2, 0.25) is 5.02 Å². The first-order valence-electron chi connectivity index (χ1n) is 5.81. The molecular formula is C14H9ClN2O2S. The molecule has 0 unspecified atom stereocenters. The monoisotopic (exact) mass is 304 g/mol. The average molecular weight is 305 g/mol. The second-order valence-corrected chi connectivity index (χ2v) is 5.77. The highest BCUT2D eigenvalue weighted by Gasteiger charge is 2.14. The first-order chi connectivity index (χ1) is 9.54. The van der Waals surface area contributed by atoms with Gasteiger partial charge in [-0.3, -0.25) is 0 Å². The summed E-state index contributed by atoms with van der Waals surface area (Å²) < 4.78 is 0. The number of pyridine rings is 1. The molecule has 0 radical (unpaired) electrons. The molecule has 0 aliphatic heterocycles. The highest BCUT2D eigenvalue weighted by atomic mass is 35.5. The minimum atomic E-state index is -0.993. The fraction of sp³-hybridized carbons (Fsp3) is 0.0714. The Hall–Kier alpha value is -1.98. The van der Waals surface area contributed by atoms with Crippen molar-refractivity contribution < 1.29 is 9.90 Å². The molecule has 0 aliphatic carbocycles. The van der Waals surface area contributed by atoms with Crippen LogP contribution in [0.3, 0.4) is 0 Å². The van der Waals surface area contributed by atoms with Crippen molar-refractivity contribution in [2.75, 3.05) is 0 Å². The molecule has 20 heavy (non-hydrogen) atoms. The molecule has 0 bridgehead atoms. The number of aryl methyl sites for hydroxylation is 1. The van der Waals surface area contributed by atoms with Crippen LogP contribution in [0.5, 0.6) is 0 Å². The number of hydrogen-bond acceptors (Lipinski definition) is 4. The van der Waals surface area contributed by atoms with E-state index < -0.39 is 5.97 Å². The van der Waals surface area contributed by atoms with Crippen molar-refractivity contribution in [2.45, 2.75) is 6.92 Å². The van der Waals surface area contributed by atoms with Gasteiger partial charge in [-0.2, -0.15) is 0 Å². The van der Waals surface area contributed by atoms with Crippen molar-refractivity contribution in [1.82, 2.24) is 9.97 Å². The summed E-state index contributed by atoms with van der Waals surface area (Å²) in [6, 6.07) is 6.54. The lowest BCUT2D eigenvalue weighted by atomic mass is 10.1. The summed E-state index contributed by atoms with van der Waals surface area (Å²) in [5, 5.41) is 13.2. The Morgan fingerprint density at radius 2 is 2.05 bits per heavy atom. The Labute approximate surface area is 123 Å². The van der Waals surface area contributed by atoms with E-state index >= 15 is 0 Å². The molecule has 0 fully saturated rings. The minimum Gasteiger partial charge on any atom is -0.478 e. The number of benzene rings is 1. The van der Waals surface area contributed by atoms with Crippen LogP contribution in [-0.2, 0) is 0 Å².